The maximum absolute atomic E-state index is 12.3. The van der Waals surface area contributed by atoms with E-state index in [0.717, 1.165) is 13.3 Å². The van der Waals surface area contributed by atoms with Crippen LogP contribution < -0.4 is 4.90 Å². The Hall–Kier alpha value is -1.16. The van der Waals surface area contributed by atoms with E-state index < -0.39 is 0 Å². The molecule has 0 N–H and O–H groups in total. The molecular formula is C14H10Br2N2OS. The van der Waals surface area contributed by atoms with Gasteiger partial charge in [-0.1, -0.05) is 12.1 Å². The van der Waals surface area contributed by atoms with E-state index in [1.165, 1.54) is 11.3 Å². The highest BCUT2D eigenvalue weighted by Gasteiger charge is 2.17. The fourth-order valence-corrected chi connectivity index (χ4v) is 4.67. The van der Waals surface area contributed by atoms with Crippen LogP contribution in [0.5, 0.6) is 0 Å². The van der Waals surface area contributed by atoms with Gasteiger partial charge < -0.3 is 4.90 Å². The van der Waals surface area contributed by atoms with Crippen molar-refractivity contribution < 1.29 is 4.79 Å². The Labute approximate surface area is 138 Å². The molecule has 0 aliphatic carbocycles. The van der Waals surface area contributed by atoms with Crippen molar-refractivity contribution in [3.05, 3.63) is 49.0 Å². The Morgan fingerprint density at radius 1 is 1.40 bits per heavy atom. The number of likely N-dealkylation sites (N-methyl/N-ethyl adjacent to an activating group) is 1. The van der Waals surface area contributed by atoms with Crippen LogP contribution in [0.3, 0.4) is 0 Å². The summed E-state index contributed by atoms with van der Waals surface area (Å²) in [6.07, 6.45) is 0. The third kappa shape index (κ3) is 3.29. The zero-order valence-corrected chi connectivity index (χ0v) is 14.5. The third-order valence-electron chi connectivity index (χ3n) is 2.77. The van der Waals surface area contributed by atoms with Gasteiger partial charge in [-0.05, 0) is 50.1 Å². The first-order valence-corrected chi connectivity index (χ1v) is 8.11. The van der Waals surface area contributed by atoms with Gasteiger partial charge in [-0.25, -0.2) is 0 Å². The molecule has 20 heavy (non-hydrogen) atoms. The molecule has 6 heteroatoms. The fourth-order valence-electron chi connectivity index (χ4n) is 1.82. The van der Waals surface area contributed by atoms with E-state index in [1.807, 2.05) is 25.2 Å². The predicted molar refractivity (Wildman–Crippen MR) is 88.5 cm³/mol. The van der Waals surface area contributed by atoms with Crippen molar-refractivity contribution in [1.82, 2.24) is 0 Å². The Morgan fingerprint density at radius 3 is 2.70 bits per heavy atom. The Bertz CT molecular complexity index is 691. The summed E-state index contributed by atoms with van der Waals surface area (Å²) in [7, 11) is 1.81. The van der Waals surface area contributed by atoms with Crippen molar-refractivity contribution in [1.29, 1.82) is 5.26 Å². The fraction of sp³-hybridized carbons (Fsp3) is 0.143. The van der Waals surface area contributed by atoms with Crippen LogP contribution in [0.1, 0.15) is 15.9 Å². The molecule has 2 aromatic rings. The Kier molecular flexibility index (Phi) is 4.97. The van der Waals surface area contributed by atoms with E-state index in [9.17, 15) is 4.79 Å². The molecule has 0 aliphatic rings. The van der Waals surface area contributed by atoms with Gasteiger partial charge in [-0.3, -0.25) is 4.79 Å². The second kappa shape index (κ2) is 6.53. The number of hydrogen-bond acceptors (Lipinski definition) is 4. The molecule has 0 saturated carbocycles. The van der Waals surface area contributed by atoms with Crippen LogP contribution >= 0.6 is 43.2 Å². The van der Waals surface area contributed by atoms with E-state index in [2.05, 4.69) is 37.9 Å². The number of benzene rings is 1. The number of carbonyl (C=O) groups is 1. The number of carbonyl (C=O) groups excluding carboxylic acids is 1. The van der Waals surface area contributed by atoms with Gasteiger partial charge in [0.25, 0.3) is 0 Å². The number of rotatable bonds is 4. The zero-order chi connectivity index (χ0) is 14.7. The van der Waals surface area contributed by atoms with Gasteiger partial charge in [0.1, 0.15) is 6.07 Å². The topological polar surface area (TPSA) is 44.1 Å². The summed E-state index contributed by atoms with van der Waals surface area (Å²) in [6, 6.07) is 11.2. The highest BCUT2D eigenvalue weighted by Crippen LogP contribution is 2.32. The van der Waals surface area contributed by atoms with Gasteiger partial charge in [0.15, 0.2) is 5.78 Å². The van der Waals surface area contributed by atoms with Crippen molar-refractivity contribution in [3.8, 4) is 6.07 Å². The summed E-state index contributed by atoms with van der Waals surface area (Å²) >= 11 is 8.22. The quantitative estimate of drug-likeness (QED) is 0.694. The number of nitrogens with zero attached hydrogens (tertiary/aromatic N) is 2. The highest BCUT2D eigenvalue weighted by atomic mass is 79.9. The first-order chi connectivity index (χ1) is 9.52. The monoisotopic (exact) mass is 412 g/mol. The first kappa shape index (κ1) is 15.2. The molecule has 102 valence electrons. The summed E-state index contributed by atoms with van der Waals surface area (Å²) in [6.45, 7) is 0.223. The van der Waals surface area contributed by atoms with Crippen LogP contribution in [0.2, 0.25) is 0 Å². The normalized spacial score (nSPS) is 10.1. The molecule has 0 aliphatic heterocycles. The molecule has 0 fully saturated rings. The van der Waals surface area contributed by atoms with Crippen LogP contribution in [-0.4, -0.2) is 19.4 Å². The van der Waals surface area contributed by atoms with Crippen molar-refractivity contribution in [2.75, 3.05) is 18.5 Å². The van der Waals surface area contributed by atoms with Gasteiger partial charge in [-0.2, -0.15) is 5.26 Å². The second-order valence-corrected chi connectivity index (χ2v) is 7.90. The van der Waals surface area contributed by atoms with E-state index in [4.69, 9.17) is 5.26 Å². The van der Waals surface area contributed by atoms with Crippen LogP contribution in [0.15, 0.2) is 37.9 Å². The minimum Gasteiger partial charge on any atom is -0.366 e. The second-order valence-electron chi connectivity index (χ2n) is 4.15. The lowest BCUT2D eigenvalue weighted by atomic mass is 10.1. The van der Waals surface area contributed by atoms with Crippen LogP contribution in [-0.2, 0) is 0 Å². The molecule has 1 heterocycles. The molecular weight excluding hydrogens is 404 g/mol. The maximum atomic E-state index is 12.3. The van der Waals surface area contributed by atoms with Crippen LogP contribution in [0, 0.1) is 11.3 Å². The molecule has 0 saturated heterocycles. The number of Topliss-reactive ketones (excluding diaryl/α,β-unsaturated/α-hetero) is 1. The van der Waals surface area contributed by atoms with Crippen molar-refractivity contribution >= 4 is 54.7 Å². The van der Waals surface area contributed by atoms with Gasteiger partial charge in [0, 0.05) is 12.6 Å². The van der Waals surface area contributed by atoms with E-state index in [0.29, 0.717) is 11.1 Å². The van der Waals surface area contributed by atoms with Gasteiger partial charge >= 0.3 is 0 Å². The molecule has 0 bridgehead atoms. The standard InChI is InChI=1S/C14H10Br2N2OS/c1-18(11-5-3-2-4-9(11)7-17)8-12(19)10-6-13(15)20-14(10)16/h2-6H,8H2,1H3. The average molecular weight is 414 g/mol. The molecule has 0 amide bonds. The van der Waals surface area contributed by atoms with Crippen LogP contribution in [0.4, 0.5) is 5.69 Å². The summed E-state index contributed by atoms with van der Waals surface area (Å²) in [5.41, 5.74) is 1.98. The zero-order valence-electron chi connectivity index (χ0n) is 10.6. The SMILES string of the molecule is CN(CC(=O)c1cc(Br)sc1Br)c1ccccc1C#N. The van der Waals surface area contributed by atoms with E-state index >= 15 is 0 Å². The summed E-state index contributed by atoms with van der Waals surface area (Å²) in [4.78, 5) is 14.1. The van der Waals surface area contributed by atoms with Crippen molar-refractivity contribution in [2.24, 2.45) is 0 Å². The van der Waals surface area contributed by atoms with Gasteiger partial charge in [-0.15, -0.1) is 11.3 Å². The molecule has 1 aromatic carbocycles. The largest absolute Gasteiger partial charge is 0.366 e. The van der Waals surface area contributed by atoms with Crippen molar-refractivity contribution in [3.63, 3.8) is 0 Å². The molecule has 3 nitrogen and oxygen atoms in total. The molecule has 0 unspecified atom stereocenters. The van der Waals surface area contributed by atoms with Crippen LogP contribution in [0.25, 0.3) is 0 Å². The Balaban J connectivity index is 2.20. The van der Waals surface area contributed by atoms with Crippen molar-refractivity contribution in [2.45, 2.75) is 0 Å². The minimum absolute atomic E-state index is 0.00840. The maximum Gasteiger partial charge on any atom is 0.184 e. The smallest absolute Gasteiger partial charge is 0.184 e. The number of nitriles is 1. The minimum atomic E-state index is 0.00840. The molecule has 0 spiro atoms. The molecule has 2 rings (SSSR count). The summed E-state index contributed by atoms with van der Waals surface area (Å²) < 4.78 is 1.73. The molecule has 1 aromatic heterocycles. The van der Waals surface area contributed by atoms with E-state index in [1.54, 1.807) is 17.0 Å². The average Bonchev–Trinajstić information content (AvgIpc) is 2.77. The molecule has 0 atom stereocenters. The first-order valence-electron chi connectivity index (χ1n) is 5.71. The lowest BCUT2D eigenvalue weighted by Crippen LogP contribution is -2.26. The number of halogens is 2. The predicted octanol–water partition coefficient (Wildman–Crippen LogP) is 4.46. The lowest BCUT2D eigenvalue weighted by Gasteiger charge is -2.19. The summed E-state index contributed by atoms with van der Waals surface area (Å²) in [5, 5.41) is 9.09. The summed E-state index contributed by atoms with van der Waals surface area (Å²) in [5.74, 6) is 0.00840. The number of ketones is 1. The Morgan fingerprint density at radius 2 is 2.10 bits per heavy atom. The number of hydrogen-bond donors (Lipinski definition) is 0. The number of para-hydroxylation sites is 1. The van der Waals surface area contributed by atoms with Gasteiger partial charge in [0.2, 0.25) is 0 Å². The highest BCUT2D eigenvalue weighted by molar-refractivity contribution is 9.12. The number of thiophene rings is 1. The van der Waals surface area contributed by atoms with E-state index in [-0.39, 0.29) is 12.3 Å². The lowest BCUT2D eigenvalue weighted by molar-refractivity contribution is 0.1000. The molecule has 0 radical (unpaired) electrons. The third-order valence-corrected chi connectivity index (χ3v) is 5.11. The number of anilines is 1. The van der Waals surface area contributed by atoms with Gasteiger partial charge in [0.05, 0.1) is 25.4 Å².